The monoisotopic (exact) mass is 526 g/mol. The molecule has 0 aliphatic carbocycles. The molecule has 0 aliphatic rings. The second-order valence-electron chi connectivity index (χ2n) is 12.6. The van der Waals surface area contributed by atoms with E-state index >= 15 is 4.39 Å². The number of rotatable bonds is 8. The van der Waals surface area contributed by atoms with Gasteiger partial charge in [0.15, 0.2) is 0 Å². The van der Waals surface area contributed by atoms with Crippen LogP contribution in [0, 0.1) is 36.8 Å². The molecule has 200 valence electrons. The lowest BCUT2D eigenvalue weighted by Gasteiger charge is -2.38. The summed E-state index contributed by atoms with van der Waals surface area (Å²) in [4.78, 5) is 13.8. The van der Waals surface area contributed by atoms with Crippen molar-refractivity contribution in [3.63, 3.8) is 0 Å². The van der Waals surface area contributed by atoms with Crippen LogP contribution in [0.1, 0.15) is 99.8 Å². The zero-order valence-electron chi connectivity index (χ0n) is 25.5. The smallest absolute Gasteiger partial charge is 0.265 e. The van der Waals surface area contributed by atoms with Crippen LogP contribution >= 0.6 is 0 Å². The summed E-state index contributed by atoms with van der Waals surface area (Å²) in [5.74, 6) is 5.14. The summed E-state index contributed by atoms with van der Waals surface area (Å²) in [6.07, 6.45) is 0. The first-order chi connectivity index (χ1) is 16.4. The molecule has 0 amide bonds. The molecule has 1 atom stereocenters. The van der Waals surface area contributed by atoms with Gasteiger partial charge in [0, 0.05) is 5.56 Å². The molecular weight excluding hydrogens is 476 g/mol. The zero-order chi connectivity index (χ0) is 28.2. The number of benzene rings is 1. The molecule has 1 aromatic carbocycles. The van der Waals surface area contributed by atoms with E-state index in [0.29, 0.717) is 38.8 Å². The van der Waals surface area contributed by atoms with Crippen molar-refractivity contribution < 1.29 is 9.18 Å². The third-order valence-electron chi connectivity index (χ3n) is 8.79. The van der Waals surface area contributed by atoms with Gasteiger partial charge in [-0.25, -0.2) is 4.39 Å². The van der Waals surface area contributed by atoms with Crippen molar-refractivity contribution in [3.8, 4) is 22.9 Å². The SMILES string of the molecule is Cc1ccc([C@@](F)(C#C[Si](C(C)C)(C(C)C)C(C)C)C(=O)C#C[Si](C(C)C)(C(C)C)C(C)C)cc1C. The zero-order valence-corrected chi connectivity index (χ0v) is 27.5. The van der Waals surface area contributed by atoms with Gasteiger partial charge in [0.05, 0.1) is 0 Å². The molecule has 36 heavy (non-hydrogen) atoms. The van der Waals surface area contributed by atoms with Crippen molar-refractivity contribution in [1.82, 2.24) is 0 Å². The summed E-state index contributed by atoms with van der Waals surface area (Å²) in [6, 6.07) is 5.39. The standard InChI is InChI=1S/C32H51FOSi2/c1-22(2)35(23(3)4,24(5)6)19-17-31(34)32(33,30-16-15-28(13)29(14)21-30)18-20-36(25(7)8,26(9)10)27(11)12/h15-16,21-27H,1-14H3/t32-/m0/s1. The minimum Gasteiger partial charge on any atom is -0.280 e. The maximum Gasteiger partial charge on any atom is 0.265 e. The molecule has 0 N–H and O–H groups in total. The number of aryl methyl sites for hydroxylation is 2. The Hall–Kier alpha value is -1.63. The molecule has 1 nitrogen and oxygen atoms in total. The highest BCUT2D eigenvalue weighted by atomic mass is 28.3. The number of halogens is 1. The summed E-state index contributed by atoms with van der Waals surface area (Å²) in [7, 11) is -4.44. The van der Waals surface area contributed by atoms with Gasteiger partial charge in [-0.1, -0.05) is 107 Å². The molecule has 0 spiro atoms. The summed E-state index contributed by atoms with van der Waals surface area (Å²) in [5.41, 5.74) is 8.94. The molecule has 0 heterocycles. The lowest BCUT2D eigenvalue weighted by molar-refractivity contribution is -0.121. The first-order valence-corrected chi connectivity index (χ1v) is 18.3. The van der Waals surface area contributed by atoms with Crippen molar-refractivity contribution in [2.75, 3.05) is 0 Å². The molecule has 1 rings (SSSR count). The van der Waals surface area contributed by atoms with Crippen molar-refractivity contribution in [2.45, 2.75) is 136 Å². The molecule has 0 saturated carbocycles. The topological polar surface area (TPSA) is 17.1 Å². The molecule has 4 heteroatoms. The van der Waals surface area contributed by atoms with Crippen molar-refractivity contribution in [3.05, 3.63) is 34.9 Å². The fraction of sp³-hybridized carbons (Fsp3) is 0.656. The van der Waals surface area contributed by atoms with Gasteiger partial charge in [0.1, 0.15) is 16.1 Å². The van der Waals surface area contributed by atoms with Gasteiger partial charge in [-0.15, -0.1) is 11.1 Å². The summed E-state index contributed by atoms with van der Waals surface area (Å²) >= 11 is 0. The number of hydrogen-bond acceptors (Lipinski definition) is 1. The van der Waals surface area contributed by atoms with E-state index in [1.54, 1.807) is 12.1 Å². The van der Waals surface area contributed by atoms with Crippen molar-refractivity contribution >= 4 is 21.9 Å². The highest BCUT2D eigenvalue weighted by Crippen LogP contribution is 2.42. The largest absolute Gasteiger partial charge is 0.280 e. The van der Waals surface area contributed by atoms with Crippen LogP contribution < -0.4 is 0 Å². The first kappa shape index (κ1) is 32.4. The Morgan fingerprint density at radius 1 is 0.694 bits per heavy atom. The fourth-order valence-electron chi connectivity index (χ4n) is 6.53. The van der Waals surface area contributed by atoms with Gasteiger partial charge in [-0.2, -0.15) is 0 Å². The molecule has 0 unspecified atom stereocenters. The van der Waals surface area contributed by atoms with Gasteiger partial charge in [-0.3, -0.25) is 4.79 Å². The van der Waals surface area contributed by atoms with Gasteiger partial charge in [0.2, 0.25) is 0 Å². The third-order valence-corrected chi connectivity index (χ3v) is 21.4. The van der Waals surface area contributed by atoms with Crippen LogP contribution in [0.15, 0.2) is 18.2 Å². The number of carbonyl (C=O) groups is 1. The first-order valence-electron chi connectivity index (χ1n) is 13.8. The van der Waals surface area contributed by atoms with E-state index in [9.17, 15) is 4.79 Å². The molecule has 0 bridgehead atoms. The van der Waals surface area contributed by atoms with Gasteiger partial charge < -0.3 is 0 Å². The molecule has 0 aromatic heterocycles. The molecular formula is C32H51FOSi2. The lowest BCUT2D eigenvalue weighted by atomic mass is 9.90. The Kier molecular flexibility index (Phi) is 11.1. The second kappa shape index (κ2) is 12.3. The number of Topliss-reactive ketones (excluding diaryl/α,β-unsaturated/α-hetero) is 1. The van der Waals surface area contributed by atoms with E-state index in [2.05, 4.69) is 106 Å². The predicted octanol–water partition coefficient (Wildman–Crippen LogP) is 9.48. The van der Waals surface area contributed by atoms with E-state index in [4.69, 9.17) is 0 Å². The summed E-state index contributed by atoms with van der Waals surface area (Å²) in [6.45, 7) is 30.3. The maximum atomic E-state index is 17.1. The Balaban J connectivity index is 3.95. The quantitative estimate of drug-likeness (QED) is 0.243. The minimum atomic E-state index is -2.44. The van der Waals surface area contributed by atoms with E-state index in [1.165, 1.54) is 0 Å². The Bertz CT molecular complexity index is 1000. The Labute approximate surface area is 224 Å². The van der Waals surface area contributed by atoms with Gasteiger partial charge in [-0.05, 0) is 64.1 Å². The average molecular weight is 527 g/mol. The Morgan fingerprint density at radius 2 is 1.08 bits per heavy atom. The number of carbonyl (C=O) groups excluding carboxylic acids is 1. The van der Waals surface area contributed by atoms with Crippen LogP contribution in [-0.4, -0.2) is 21.9 Å². The van der Waals surface area contributed by atoms with Crippen LogP contribution in [-0.2, 0) is 10.5 Å². The normalized spacial score (nSPS) is 14.2. The van der Waals surface area contributed by atoms with Gasteiger partial charge >= 0.3 is 0 Å². The van der Waals surface area contributed by atoms with E-state index < -0.39 is 27.6 Å². The van der Waals surface area contributed by atoms with Crippen molar-refractivity contribution in [1.29, 1.82) is 0 Å². The van der Waals surface area contributed by atoms with E-state index in [0.717, 1.165) is 11.1 Å². The molecule has 1 aromatic rings. The summed E-state index contributed by atoms with van der Waals surface area (Å²) in [5, 5.41) is 0. The van der Waals surface area contributed by atoms with Gasteiger partial charge in [0.25, 0.3) is 11.5 Å². The third kappa shape index (κ3) is 6.08. The Morgan fingerprint density at radius 3 is 1.44 bits per heavy atom. The molecule has 0 saturated heterocycles. The van der Waals surface area contributed by atoms with Crippen LogP contribution in [0.4, 0.5) is 4.39 Å². The minimum absolute atomic E-state index is 0.308. The van der Waals surface area contributed by atoms with E-state index in [1.807, 2.05) is 19.9 Å². The van der Waals surface area contributed by atoms with Crippen LogP contribution in [0.25, 0.3) is 0 Å². The molecule has 0 fully saturated rings. The molecule has 0 radical (unpaired) electrons. The fourth-order valence-corrected chi connectivity index (χ4v) is 17.0. The highest BCUT2D eigenvalue weighted by molar-refractivity contribution is 6.91. The maximum absolute atomic E-state index is 17.1. The number of ketones is 1. The van der Waals surface area contributed by atoms with Crippen LogP contribution in [0.2, 0.25) is 33.2 Å². The van der Waals surface area contributed by atoms with Crippen LogP contribution in [0.3, 0.4) is 0 Å². The van der Waals surface area contributed by atoms with Crippen molar-refractivity contribution in [2.24, 2.45) is 0 Å². The molecule has 0 aliphatic heterocycles. The average Bonchev–Trinajstić information content (AvgIpc) is 2.74. The second-order valence-corrected chi connectivity index (χ2v) is 23.7. The summed E-state index contributed by atoms with van der Waals surface area (Å²) < 4.78 is 17.1. The van der Waals surface area contributed by atoms with Crippen LogP contribution in [0.5, 0.6) is 0 Å². The lowest BCUT2D eigenvalue weighted by Crippen LogP contribution is -2.44. The number of alkyl halides is 1. The predicted molar refractivity (Wildman–Crippen MR) is 161 cm³/mol. The van der Waals surface area contributed by atoms with E-state index in [-0.39, 0.29) is 0 Å². The number of hydrogen-bond donors (Lipinski definition) is 0. The highest BCUT2D eigenvalue weighted by Gasteiger charge is 2.45.